The molecule has 1 fully saturated rings. The van der Waals surface area contributed by atoms with Crippen molar-refractivity contribution in [3.63, 3.8) is 0 Å². The zero-order valence-corrected chi connectivity index (χ0v) is 11.7. The van der Waals surface area contributed by atoms with Gasteiger partial charge in [0.2, 0.25) is 17.8 Å². The zero-order chi connectivity index (χ0) is 14.7. The van der Waals surface area contributed by atoms with E-state index in [1.165, 1.54) is 0 Å². The Morgan fingerprint density at radius 2 is 2.05 bits per heavy atom. The van der Waals surface area contributed by atoms with Crippen molar-refractivity contribution in [2.45, 2.75) is 31.8 Å². The average Bonchev–Trinajstić information content (AvgIpc) is 3.00. The predicted molar refractivity (Wildman–Crippen MR) is 77.8 cm³/mol. The zero-order valence-electron chi connectivity index (χ0n) is 11.7. The number of nitrogens with two attached hydrogens (primary N) is 1. The van der Waals surface area contributed by atoms with E-state index in [2.05, 4.69) is 25.3 Å². The highest BCUT2D eigenvalue weighted by molar-refractivity contribution is 5.35. The normalized spacial score (nSPS) is 22.1. The van der Waals surface area contributed by atoms with Crippen LogP contribution in [0.4, 0.5) is 11.9 Å². The van der Waals surface area contributed by atoms with Crippen LogP contribution in [0.1, 0.15) is 25.7 Å². The third-order valence-electron chi connectivity index (χ3n) is 3.74. The molecule has 0 aliphatic heterocycles. The molecule has 0 amide bonds. The first-order chi connectivity index (χ1) is 10.2. The molecule has 4 N–H and O–H groups in total. The van der Waals surface area contributed by atoms with Gasteiger partial charge in [0.05, 0.1) is 6.10 Å². The van der Waals surface area contributed by atoms with E-state index in [1.807, 2.05) is 0 Å². The quantitative estimate of drug-likeness (QED) is 0.755. The summed E-state index contributed by atoms with van der Waals surface area (Å²) in [5, 5.41) is 12.7. The average molecular weight is 289 g/mol. The van der Waals surface area contributed by atoms with Crippen molar-refractivity contribution in [1.82, 2.24) is 24.5 Å². The molecule has 1 saturated carbocycles. The Morgan fingerprint density at radius 3 is 2.76 bits per heavy atom. The van der Waals surface area contributed by atoms with Gasteiger partial charge in [-0.25, -0.2) is 4.98 Å². The number of rotatable bonds is 4. The Hall–Kier alpha value is -2.22. The second-order valence-corrected chi connectivity index (χ2v) is 5.34. The Bertz CT molecular complexity index is 578. The monoisotopic (exact) mass is 289 g/mol. The smallest absolute Gasteiger partial charge is 0.241 e. The van der Waals surface area contributed by atoms with E-state index in [1.54, 1.807) is 23.3 Å². The minimum atomic E-state index is -0.137. The van der Waals surface area contributed by atoms with Gasteiger partial charge in [0.15, 0.2) is 0 Å². The van der Waals surface area contributed by atoms with Crippen LogP contribution in [0, 0.1) is 5.92 Å². The van der Waals surface area contributed by atoms with Gasteiger partial charge < -0.3 is 16.2 Å². The topological polar surface area (TPSA) is 115 Å². The molecule has 0 atom stereocenters. The van der Waals surface area contributed by atoms with Gasteiger partial charge in [-0.3, -0.25) is 4.57 Å². The first kappa shape index (κ1) is 13.7. The van der Waals surface area contributed by atoms with Gasteiger partial charge in [0.25, 0.3) is 0 Å². The van der Waals surface area contributed by atoms with Gasteiger partial charge >= 0.3 is 0 Å². The highest BCUT2D eigenvalue weighted by Gasteiger charge is 2.19. The highest BCUT2D eigenvalue weighted by atomic mass is 16.3. The molecule has 0 bridgehead atoms. The van der Waals surface area contributed by atoms with Crippen molar-refractivity contribution in [2.24, 2.45) is 5.92 Å². The summed E-state index contributed by atoms with van der Waals surface area (Å²) in [6.07, 6.45) is 8.65. The number of aliphatic hydroxyl groups excluding tert-OH is 1. The number of nitrogens with zero attached hydrogens (tertiary/aromatic N) is 5. The van der Waals surface area contributed by atoms with Crippen molar-refractivity contribution in [2.75, 3.05) is 17.6 Å². The number of imidazole rings is 1. The summed E-state index contributed by atoms with van der Waals surface area (Å²) in [7, 11) is 0. The third kappa shape index (κ3) is 3.46. The summed E-state index contributed by atoms with van der Waals surface area (Å²) in [4.78, 5) is 16.5. The van der Waals surface area contributed by atoms with E-state index < -0.39 is 0 Å². The number of aliphatic hydroxyl groups is 1. The number of nitrogens with one attached hydrogen (secondary N) is 1. The molecular weight excluding hydrogens is 270 g/mol. The summed E-state index contributed by atoms with van der Waals surface area (Å²) in [6.45, 7) is 0.777. The second-order valence-electron chi connectivity index (χ2n) is 5.34. The lowest BCUT2D eigenvalue weighted by Crippen LogP contribution is -2.24. The summed E-state index contributed by atoms with van der Waals surface area (Å²) in [5.74, 6) is 1.62. The maximum atomic E-state index is 9.51. The summed E-state index contributed by atoms with van der Waals surface area (Å²) in [6, 6.07) is 0. The van der Waals surface area contributed by atoms with Crippen LogP contribution in [0.2, 0.25) is 0 Å². The van der Waals surface area contributed by atoms with Gasteiger partial charge in [0, 0.05) is 18.9 Å². The van der Waals surface area contributed by atoms with E-state index in [0.29, 0.717) is 17.8 Å². The second kappa shape index (κ2) is 6.04. The van der Waals surface area contributed by atoms with Gasteiger partial charge in [-0.05, 0) is 31.6 Å². The lowest BCUT2D eigenvalue weighted by Gasteiger charge is -2.25. The van der Waals surface area contributed by atoms with Crippen LogP contribution in [0.25, 0.3) is 5.95 Å². The molecular formula is C13H19N7O. The van der Waals surface area contributed by atoms with E-state index >= 15 is 0 Å². The number of anilines is 2. The van der Waals surface area contributed by atoms with Crippen molar-refractivity contribution >= 4 is 11.9 Å². The Kier molecular flexibility index (Phi) is 3.96. The van der Waals surface area contributed by atoms with Crippen LogP contribution in [-0.4, -0.2) is 42.3 Å². The van der Waals surface area contributed by atoms with Gasteiger partial charge in [-0.15, -0.1) is 0 Å². The van der Waals surface area contributed by atoms with E-state index in [9.17, 15) is 5.11 Å². The lowest BCUT2D eigenvalue weighted by atomic mass is 9.87. The summed E-state index contributed by atoms with van der Waals surface area (Å²) in [5.41, 5.74) is 5.72. The molecule has 8 heteroatoms. The summed E-state index contributed by atoms with van der Waals surface area (Å²) < 4.78 is 1.68. The highest BCUT2D eigenvalue weighted by Crippen LogP contribution is 2.24. The largest absolute Gasteiger partial charge is 0.393 e. The van der Waals surface area contributed by atoms with E-state index in [4.69, 9.17) is 5.73 Å². The molecule has 0 unspecified atom stereocenters. The van der Waals surface area contributed by atoms with Crippen LogP contribution in [0.15, 0.2) is 18.7 Å². The minimum absolute atomic E-state index is 0.137. The molecule has 2 aromatic heterocycles. The fraction of sp³-hybridized carbons (Fsp3) is 0.538. The molecule has 8 nitrogen and oxygen atoms in total. The summed E-state index contributed by atoms with van der Waals surface area (Å²) >= 11 is 0. The predicted octanol–water partition coefficient (Wildman–Crippen LogP) is 0.602. The number of hydrogen-bond donors (Lipinski definition) is 3. The standard InChI is InChI=1S/C13H19N7O/c14-11-17-12(16-7-9-1-3-10(21)4-2-9)19-13(18-11)20-6-5-15-8-20/h5-6,8-10,21H,1-4,7H2,(H3,14,16,17,18,19). The molecule has 0 saturated heterocycles. The fourth-order valence-electron chi connectivity index (χ4n) is 2.54. The number of hydrogen-bond acceptors (Lipinski definition) is 7. The molecule has 2 aromatic rings. The Balaban J connectivity index is 1.65. The maximum Gasteiger partial charge on any atom is 0.241 e. The SMILES string of the molecule is Nc1nc(NCC2CCC(O)CC2)nc(-n2ccnc2)n1. The van der Waals surface area contributed by atoms with Crippen LogP contribution < -0.4 is 11.1 Å². The van der Waals surface area contributed by atoms with Crippen molar-refractivity contribution in [3.8, 4) is 5.95 Å². The molecule has 1 aliphatic rings. The minimum Gasteiger partial charge on any atom is -0.393 e. The number of nitrogen functional groups attached to an aromatic ring is 1. The van der Waals surface area contributed by atoms with Crippen molar-refractivity contribution < 1.29 is 5.11 Å². The maximum absolute atomic E-state index is 9.51. The van der Waals surface area contributed by atoms with Crippen molar-refractivity contribution in [1.29, 1.82) is 0 Å². The molecule has 0 radical (unpaired) electrons. The van der Waals surface area contributed by atoms with Gasteiger partial charge in [-0.2, -0.15) is 15.0 Å². The van der Waals surface area contributed by atoms with E-state index in [-0.39, 0.29) is 12.1 Å². The molecule has 2 heterocycles. The van der Waals surface area contributed by atoms with E-state index in [0.717, 1.165) is 32.2 Å². The van der Waals surface area contributed by atoms with Crippen LogP contribution >= 0.6 is 0 Å². The Morgan fingerprint density at radius 1 is 1.24 bits per heavy atom. The van der Waals surface area contributed by atoms with Gasteiger partial charge in [-0.1, -0.05) is 0 Å². The van der Waals surface area contributed by atoms with Gasteiger partial charge in [0.1, 0.15) is 6.33 Å². The Labute approximate surface area is 122 Å². The van der Waals surface area contributed by atoms with Crippen LogP contribution in [0.5, 0.6) is 0 Å². The lowest BCUT2D eigenvalue weighted by molar-refractivity contribution is 0.111. The molecule has 112 valence electrons. The van der Waals surface area contributed by atoms with Crippen LogP contribution in [0.3, 0.4) is 0 Å². The van der Waals surface area contributed by atoms with Crippen LogP contribution in [-0.2, 0) is 0 Å². The molecule has 0 aromatic carbocycles. The first-order valence-electron chi connectivity index (χ1n) is 7.12. The number of aromatic nitrogens is 5. The van der Waals surface area contributed by atoms with Crippen molar-refractivity contribution in [3.05, 3.63) is 18.7 Å². The molecule has 3 rings (SSSR count). The molecule has 21 heavy (non-hydrogen) atoms. The third-order valence-corrected chi connectivity index (χ3v) is 3.74. The molecule has 1 aliphatic carbocycles. The fourth-order valence-corrected chi connectivity index (χ4v) is 2.54. The first-order valence-corrected chi connectivity index (χ1v) is 7.12. The molecule has 0 spiro atoms.